The normalized spacial score (nSPS) is 11.7. The summed E-state index contributed by atoms with van der Waals surface area (Å²) in [5, 5.41) is 8.48. The van der Waals surface area contributed by atoms with Crippen molar-refractivity contribution < 1.29 is 4.74 Å². The molecule has 2 aromatic rings. The van der Waals surface area contributed by atoms with Crippen LogP contribution in [0.5, 0.6) is 5.75 Å². The van der Waals surface area contributed by atoms with Crippen LogP contribution in [0.4, 0.5) is 0 Å². The molecule has 0 bridgehead atoms. The molecule has 1 aromatic carbocycles. The summed E-state index contributed by atoms with van der Waals surface area (Å²) in [6.07, 6.45) is 0. The van der Waals surface area contributed by atoms with Gasteiger partial charge in [0.2, 0.25) is 0 Å². The Hall–Kier alpha value is -1.88. The molecule has 0 aliphatic heterocycles. The Labute approximate surface area is 119 Å². The van der Waals surface area contributed by atoms with Crippen molar-refractivity contribution in [1.82, 2.24) is 15.0 Å². The van der Waals surface area contributed by atoms with Crippen LogP contribution in [0.15, 0.2) is 24.3 Å². The van der Waals surface area contributed by atoms with Crippen molar-refractivity contribution in [2.45, 2.75) is 39.7 Å². The van der Waals surface area contributed by atoms with E-state index in [0.717, 1.165) is 22.8 Å². The Kier molecular flexibility index (Phi) is 4.09. The fraction of sp³-hybridized carbons (Fsp3) is 0.467. The van der Waals surface area contributed by atoms with Crippen molar-refractivity contribution >= 4 is 0 Å². The largest absolute Gasteiger partial charge is 0.492 e. The number of ether oxygens (including phenoxy) is 1. The van der Waals surface area contributed by atoms with Gasteiger partial charge in [0.15, 0.2) is 0 Å². The number of nitrogens with zero attached hydrogens (tertiary/aromatic N) is 3. The van der Waals surface area contributed by atoms with Gasteiger partial charge in [-0.25, -0.2) is 4.68 Å². The minimum atomic E-state index is -0.0997. The Morgan fingerprint density at radius 3 is 2.55 bits per heavy atom. The quantitative estimate of drug-likeness (QED) is 0.930. The molecule has 0 amide bonds. The lowest BCUT2D eigenvalue weighted by atomic mass is 9.90. The number of aromatic nitrogens is 3. The first-order valence-electron chi connectivity index (χ1n) is 6.86. The topological polar surface area (TPSA) is 66.0 Å². The maximum atomic E-state index is 5.79. The summed E-state index contributed by atoms with van der Waals surface area (Å²) in [6.45, 7) is 9.34. The van der Waals surface area contributed by atoms with E-state index in [4.69, 9.17) is 10.5 Å². The summed E-state index contributed by atoms with van der Waals surface area (Å²) in [6, 6.07) is 7.84. The van der Waals surface area contributed by atoms with Gasteiger partial charge in [-0.2, -0.15) is 0 Å². The van der Waals surface area contributed by atoms with Gasteiger partial charge in [-0.3, -0.25) is 0 Å². The van der Waals surface area contributed by atoms with E-state index in [1.54, 1.807) is 0 Å². The highest BCUT2D eigenvalue weighted by Crippen LogP contribution is 2.30. The summed E-state index contributed by atoms with van der Waals surface area (Å²) in [4.78, 5) is 0. The number of nitrogens with two attached hydrogens (primary N) is 1. The van der Waals surface area contributed by atoms with E-state index in [-0.39, 0.29) is 5.41 Å². The summed E-state index contributed by atoms with van der Waals surface area (Å²) in [7, 11) is 0. The first kappa shape index (κ1) is 14.5. The molecule has 0 aliphatic rings. The summed E-state index contributed by atoms with van der Waals surface area (Å²) in [5.41, 5.74) is 8.43. The predicted octanol–water partition coefficient (Wildman–Crippen LogP) is 2.42. The zero-order valence-corrected chi connectivity index (χ0v) is 12.6. The first-order chi connectivity index (χ1) is 9.49. The minimum absolute atomic E-state index is 0.0997. The van der Waals surface area contributed by atoms with Gasteiger partial charge in [0.25, 0.3) is 0 Å². The Bertz CT molecular complexity index is 584. The summed E-state index contributed by atoms with van der Waals surface area (Å²) >= 11 is 0. The van der Waals surface area contributed by atoms with Crippen LogP contribution >= 0.6 is 0 Å². The molecule has 20 heavy (non-hydrogen) atoms. The third-order valence-electron chi connectivity index (χ3n) is 3.04. The lowest BCUT2D eigenvalue weighted by Gasteiger charge is -2.22. The molecule has 0 spiro atoms. The molecule has 108 valence electrons. The molecule has 1 aromatic heterocycles. The Morgan fingerprint density at radius 2 is 1.95 bits per heavy atom. The summed E-state index contributed by atoms with van der Waals surface area (Å²) < 4.78 is 7.52. The maximum absolute atomic E-state index is 5.79. The van der Waals surface area contributed by atoms with Gasteiger partial charge in [-0.1, -0.05) is 38.1 Å². The number of para-hydroxylation sites is 2. The fourth-order valence-corrected chi connectivity index (χ4v) is 2.28. The lowest BCUT2D eigenvalue weighted by Crippen LogP contribution is -2.21. The van der Waals surface area contributed by atoms with Crippen LogP contribution < -0.4 is 10.5 Å². The first-order valence-corrected chi connectivity index (χ1v) is 6.86. The van der Waals surface area contributed by atoms with Crippen LogP contribution in [0, 0.1) is 0 Å². The predicted molar refractivity (Wildman–Crippen MR) is 79.1 cm³/mol. The van der Waals surface area contributed by atoms with Crippen LogP contribution in [-0.4, -0.2) is 21.6 Å². The van der Waals surface area contributed by atoms with E-state index in [1.807, 2.05) is 35.9 Å². The molecule has 1 heterocycles. The van der Waals surface area contributed by atoms with Crippen molar-refractivity contribution in [3.8, 4) is 11.4 Å². The number of hydrogen-bond acceptors (Lipinski definition) is 4. The fourth-order valence-electron chi connectivity index (χ4n) is 2.28. The second-order valence-corrected chi connectivity index (χ2v) is 5.65. The molecule has 0 atom stereocenters. The second kappa shape index (κ2) is 5.63. The zero-order chi connectivity index (χ0) is 14.8. The number of hydrogen-bond donors (Lipinski definition) is 1. The monoisotopic (exact) mass is 274 g/mol. The highest BCUT2D eigenvalue weighted by Gasteiger charge is 2.26. The highest BCUT2D eigenvalue weighted by atomic mass is 16.5. The third kappa shape index (κ3) is 2.67. The van der Waals surface area contributed by atoms with Gasteiger partial charge in [-0.15, -0.1) is 5.10 Å². The highest BCUT2D eigenvalue weighted by molar-refractivity contribution is 5.47. The van der Waals surface area contributed by atoms with E-state index in [0.29, 0.717) is 13.2 Å². The number of rotatable bonds is 4. The van der Waals surface area contributed by atoms with Crippen molar-refractivity contribution in [2.75, 3.05) is 6.61 Å². The maximum Gasteiger partial charge on any atom is 0.145 e. The molecule has 0 aliphatic carbocycles. The standard InChI is InChI=1S/C15H22N4O/c1-5-20-13-9-7-6-8-12(13)19-14(15(2,3)4)11(10-16)17-18-19/h6-9H,5,10,16H2,1-4H3. The van der Waals surface area contributed by atoms with Gasteiger partial charge in [0.05, 0.1) is 12.3 Å². The van der Waals surface area contributed by atoms with Crippen LogP contribution in [0.2, 0.25) is 0 Å². The number of benzene rings is 1. The van der Waals surface area contributed by atoms with Gasteiger partial charge in [0, 0.05) is 12.0 Å². The molecule has 5 heteroatoms. The van der Waals surface area contributed by atoms with Gasteiger partial charge in [-0.05, 0) is 19.1 Å². The SMILES string of the molecule is CCOc1ccccc1-n1nnc(CN)c1C(C)(C)C. The van der Waals surface area contributed by atoms with E-state index < -0.39 is 0 Å². The molecular weight excluding hydrogens is 252 g/mol. The van der Waals surface area contributed by atoms with Crippen molar-refractivity contribution in [3.63, 3.8) is 0 Å². The van der Waals surface area contributed by atoms with E-state index in [9.17, 15) is 0 Å². The molecule has 0 unspecified atom stereocenters. The van der Waals surface area contributed by atoms with E-state index in [1.165, 1.54) is 0 Å². The Balaban J connectivity index is 2.62. The molecule has 5 nitrogen and oxygen atoms in total. The third-order valence-corrected chi connectivity index (χ3v) is 3.04. The zero-order valence-electron chi connectivity index (χ0n) is 12.6. The molecule has 2 N–H and O–H groups in total. The second-order valence-electron chi connectivity index (χ2n) is 5.65. The molecule has 0 radical (unpaired) electrons. The van der Waals surface area contributed by atoms with Crippen molar-refractivity contribution in [2.24, 2.45) is 5.73 Å². The van der Waals surface area contributed by atoms with Gasteiger partial charge in [0.1, 0.15) is 17.1 Å². The van der Waals surface area contributed by atoms with Crippen molar-refractivity contribution in [3.05, 3.63) is 35.7 Å². The molecular formula is C15H22N4O. The van der Waals surface area contributed by atoms with E-state index in [2.05, 4.69) is 31.1 Å². The molecule has 2 rings (SSSR count). The minimum Gasteiger partial charge on any atom is -0.492 e. The average molecular weight is 274 g/mol. The smallest absolute Gasteiger partial charge is 0.145 e. The van der Waals surface area contributed by atoms with Crippen LogP contribution in [-0.2, 0) is 12.0 Å². The lowest BCUT2D eigenvalue weighted by molar-refractivity contribution is 0.337. The van der Waals surface area contributed by atoms with Gasteiger partial charge < -0.3 is 10.5 Å². The Morgan fingerprint density at radius 1 is 1.25 bits per heavy atom. The summed E-state index contributed by atoms with van der Waals surface area (Å²) in [5.74, 6) is 0.800. The van der Waals surface area contributed by atoms with Gasteiger partial charge >= 0.3 is 0 Å². The average Bonchev–Trinajstić information content (AvgIpc) is 2.83. The van der Waals surface area contributed by atoms with E-state index >= 15 is 0 Å². The molecule has 0 saturated heterocycles. The molecule has 0 saturated carbocycles. The van der Waals surface area contributed by atoms with Crippen LogP contribution in [0.1, 0.15) is 39.1 Å². The van der Waals surface area contributed by atoms with Crippen LogP contribution in [0.25, 0.3) is 5.69 Å². The van der Waals surface area contributed by atoms with Crippen LogP contribution in [0.3, 0.4) is 0 Å². The molecule has 0 fully saturated rings. The van der Waals surface area contributed by atoms with Crippen molar-refractivity contribution in [1.29, 1.82) is 0 Å².